The van der Waals surface area contributed by atoms with Crippen LogP contribution in [0.1, 0.15) is 63.1 Å². The third kappa shape index (κ3) is 1.91. The number of rotatable bonds is 2. The van der Waals surface area contributed by atoms with Crippen molar-refractivity contribution in [1.82, 2.24) is 10.1 Å². The summed E-state index contributed by atoms with van der Waals surface area (Å²) in [6.45, 7) is 1.37. The van der Waals surface area contributed by atoms with Crippen molar-refractivity contribution in [2.45, 2.75) is 62.3 Å². The van der Waals surface area contributed by atoms with Gasteiger partial charge in [0, 0.05) is 18.6 Å². The SMILES string of the molecule is NC1(c2nc(C34CC5CC(CC(C5)C3)C4)no2)CCOCC1. The lowest BCUT2D eigenvalue weighted by Crippen LogP contribution is -2.49. The lowest BCUT2D eigenvalue weighted by atomic mass is 9.49. The molecule has 1 saturated heterocycles. The van der Waals surface area contributed by atoms with Gasteiger partial charge in [-0.2, -0.15) is 4.98 Å². The molecule has 22 heavy (non-hydrogen) atoms. The van der Waals surface area contributed by atoms with E-state index in [-0.39, 0.29) is 5.41 Å². The summed E-state index contributed by atoms with van der Waals surface area (Å²) in [7, 11) is 0. The van der Waals surface area contributed by atoms with E-state index in [0.717, 1.165) is 36.4 Å². The second-order valence-electron chi connectivity index (χ2n) is 8.39. The Kier molecular flexibility index (Phi) is 2.79. The van der Waals surface area contributed by atoms with E-state index in [1.807, 2.05) is 0 Å². The zero-order valence-corrected chi connectivity index (χ0v) is 13.1. The van der Waals surface area contributed by atoms with Crippen LogP contribution in [0.5, 0.6) is 0 Å². The largest absolute Gasteiger partial charge is 0.381 e. The molecule has 5 heteroatoms. The molecule has 1 aliphatic heterocycles. The highest BCUT2D eigenvalue weighted by molar-refractivity contribution is 5.18. The maximum Gasteiger partial charge on any atom is 0.246 e. The number of nitrogens with two attached hydrogens (primary N) is 1. The van der Waals surface area contributed by atoms with Crippen LogP contribution < -0.4 is 5.73 Å². The van der Waals surface area contributed by atoms with Crippen LogP contribution >= 0.6 is 0 Å². The van der Waals surface area contributed by atoms with Gasteiger partial charge in [-0.15, -0.1) is 0 Å². The molecule has 0 amide bonds. The van der Waals surface area contributed by atoms with E-state index in [2.05, 4.69) is 5.16 Å². The minimum Gasteiger partial charge on any atom is -0.381 e. The number of hydrogen-bond donors (Lipinski definition) is 1. The van der Waals surface area contributed by atoms with Gasteiger partial charge in [0.2, 0.25) is 5.89 Å². The summed E-state index contributed by atoms with van der Waals surface area (Å²) in [6, 6.07) is 0. The smallest absolute Gasteiger partial charge is 0.246 e. The number of hydrogen-bond acceptors (Lipinski definition) is 5. The van der Waals surface area contributed by atoms with Gasteiger partial charge in [0.05, 0.1) is 0 Å². The predicted molar refractivity (Wildman–Crippen MR) is 80.1 cm³/mol. The minimum atomic E-state index is -0.480. The van der Waals surface area contributed by atoms with Crippen LogP contribution in [-0.2, 0) is 15.7 Å². The van der Waals surface area contributed by atoms with Crippen LogP contribution in [0.4, 0.5) is 0 Å². The highest BCUT2D eigenvalue weighted by Gasteiger charge is 2.54. The van der Waals surface area contributed by atoms with Crippen molar-refractivity contribution < 1.29 is 9.26 Å². The molecule has 4 bridgehead atoms. The summed E-state index contributed by atoms with van der Waals surface area (Å²) in [5, 5.41) is 4.42. The van der Waals surface area contributed by atoms with E-state index in [1.165, 1.54) is 38.5 Å². The lowest BCUT2D eigenvalue weighted by Gasteiger charge is -2.55. The summed E-state index contributed by atoms with van der Waals surface area (Å²) >= 11 is 0. The van der Waals surface area contributed by atoms with E-state index in [0.29, 0.717) is 19.1 Å². The van der Waals surface area contributed by atoms with Crippen LogP contribution in [0.3, 0.4) is 0 Å². The summed E-state index contributed by atoms with van der Waals surface area (Å²) in [5.41, 5.74) is 6.22. The number of aromatic nitrogens is 2. The van der Waals surface area contributed by atoms with E-state index in [9.17, 15) is 0 Å². The zero-order chi connectivity index (χ0) is 14.8. The molecule has 0 aromatic carbocycles. The Morgan fingerprint density at radius 3 is 2.14 bits per heavy atom. The molecule has 0 spiro atoms. The molecule has 4 aliphatic carbocycles. The average molecular weight is 303 g/mol. The van der Waals surface area contributed by atoms with Gasteiger partial charge in [-0.1, -0.05) is 5.16 Å². The zero-order valence-electron chi connectivity index (χ0n) is 13.1. The molecular formula is C17H25N3O2. The first-order chi connectivity index (χ1) is 10.7. The van der Waals surface area contributed by atoms with Crippen LogP contribution in [0, 0.1) is 17.8 Å². The molecule has 6 rings (SSSR count). The van der Waals surface area contributed by atoms with Gasteiger partial charge in [0.15, 0.2) is 5.82 Å². The van der Waals surface area contributed by atoms with Gasteiger partial charge in [-0.25, -0.2) is 0 Å². The van der Waals surface area contributed by atoms with Crippen LogP contribution in [0.15, 0.2) is 4.52 Å². The third-order valence-electron chi connectivity index (χ3n) is 6.75. The lowest BCUT2D eigenvalue weighted by molar-refractivity contribution is -0.0103. The molecule has 0 unspecified atom stereocenters. The van der Waals surface area contributed by atoms with Gasteiger partial charge in [0.25, 0.3) is 0 Å². The minimum absolute atomic E-state index is 0.192. The van der Waals surface area contributed by atoms with Crippen molar-refractivity contribution >= 4 is 0 Å². The Morgan fingerprint density at radius 1 is 0.955 bits per heavy atom. The summed E-state index contributed by atoms with van der Waals surface area (Å²) in [5.74, 6) is 4.27. The predicted octanol–water partition coefficient (Wildman–Crippen LogP) is 2.50. The monoisotopic (exact) mass is 303 g/mol. The van der Waals surface area contributed by atoms with Gasteiger partial charge < -0.3 is 15.0 Å². The van der Waals surface area contributed by atoms with E-state index < -0.39 is 5.54 Å². The van der Waals surface area contributed by atoms with Gasteiger partial charge in [-0.3, -0.25) is 0 Å². The van der Waals surface area contributed by atoms with E-state index >= 15 is 0 Å². The maximum atomic E-state index is 6.51. The molecular weight excluding hydrogens is 278 g/mol. The molecule has 1 aromatic rings. The molecule has 1 aromatic heterocycles. The highest BCUT2D eigenvalue weighted by Crippen LogP contribution is 2.60. The topological polar surface area (TPSA) is 74.2 Å². The van der Waals surface area contributed by atoms with Gasteiger partial charge in [0.1, 0.15) is 5.54 Å². The summed E-state index contributed by atoms with van der Waals surface area (Å²) in [6.07, 6.45) is 9.63. The van der Waals surface area contributed by atoms with Crippen molar-refractivity contribution in [3.63, 3.8) is 0 Å². The fraction of sp³-hybridized carbons (Fsp3) is 0.882. The van der Waals surface area contributed by atoms with Crippen molar-refractivity contribution in [1.29, 1.82) is 0 Å². The number of nitrogens with zero attached hydrogens (tertiary/aromatic N) is 2. The maximum absolute atomic E-state index is 6.51. The average Bonchev–Trinajstić information content (AvgIpc) is 2.98. The Hall–Kier alpha value is -0.940. The van der Waals surface area contributed by atoms with Crippen LogP contribution in [0.2, 0.25) is 0 Å². The fourth-order valence-corrected chi connectivity index (χ4v) is 5.98. The third-order valence-corrected chi connectivity index (χ3v) is 6.75. The van der Waals surface area contributed by atoms with Crippen LogP contribution in [0.25, 0.3) is 0 Å². The fourth-order valence-electron chi connectivity index (χ4n) is 5.98. The van der Waals surface area contributed by atoms with E-state index in [1.54, 1.807) is 0 Å². The molecule has 2 heterocycles. The quantitative estimate of drug-likeness (QED) is 0.908. The number of ether oxygens (including phenoxy) is 1. The Balaban J connectivity index is 1.47. The molecule has 120 valence electrons. The standard InChI is InChI=1S/C17H25N3O2/c18-17(1-3-21-4-2-17)15-19-14(20-22-15)16-8-11-5-12(9-16)7-13(6-11)10-16/h11-13H,1-10,18H2. The Morgan fingerprint density at radius 2 is 1.55 bits per heavy atom. The van der Waals surface area contributed by atoms with Crippen molar-refractivity contribution in [2.24, 2.45) is 23.5 Å². The molecule has 0 atom stereocenters. The molecule has 4 saturated carbocycles. The Bertz CT molecular complexity index is 541. The second-order valence-corrected chi connectivity index (χ2v) is 8.39. The molecule has 5 nitrogen and oxygen atoms in total. The molecule has 5 aliphatic rings. The first kappa shape index (κ1) is 13.5. The van der Waals surface area contributed by atoms with Crippen molar-refractivity contribution in [3.05, 3.63) is 11.7 Å². The van der Waals surface area contributed by atoms with E-state index in [4.69, 9.17) is 20.0 Å². The van der Waals surface area contributed by atoms with Crippen molar-refractivity contribution in [2.75, 3.05) is 13.2 Å². The van der Waals surface area contributed by atoms with Crippen LogP contribution in [-0.4, -0.2) is 23.4 Å². The Labute approximate surface area is 131 Å². The normalized spacial score (nSPS) is 42.7. The van der Waals surface area contributed by atoms with Crippen molar-refractivity contribution in [3.8, 4) is 0 Å². The van der Waals surface area contributed by atoms with Gasteiger partial charge in [-0.05, 0) is 69.1 Å². The van der Waals surface area contributed by atoms with Gasteiger partial charge >= 0.3 is 0 Å². The first-order valence-electron chi connectivity index (χ1n) is 8.87. The first-order valence-corrected chi connectivity index (χ1v) is 8.87. The molecule has 0 radical (unpaired) electrons. The summed E-state index contributed by atoms with van der Waals surface area (Å²) < 4.78 is 11.1. The molecule has 5 fully saturated rings. The summed E-state index contributed by atoms with van der Waals surface area (Å²) in [4.78, 5) is 4.84. The molecule has 2 N–H and O–H groups in total. The second kappa shape index (κ2) is 4.54. The highest BCUT2D eigenvalue weighted by atomic mass is 16.5.